The topological polar surface area (TPSA) is 9.23 Å². The lowest BCUT2D eigenvalue weighted by atomic mass is 9.84. The molecule has 1 nitrogen and oxygen atoms in total. The van der Waals surface area contributed by atoms with Crippen LogP contribution in [0.4, 0.5) is 4.39 Å². The van der Waals surface area contributed by atoms with Gasteiger partial charge in [0.15, 0.2) is 0 Å². The molecule has 0 N–H and O–H groups in total. The summed E-state index contributed by atoms with van der Waals surface area (Å²) in [5.74, 6) is 0.854. The van der Waals surface area contributed by atoms with Gasteiger partial charge in [-0.1, -0.05) is 163 Å². The van der Waals surface area contributed by atoms with Crippen LogP contribution in [0, 0.1) is 5.82 Å². The molecule has 0 aliphatic rings. The summed E-state index contributed by atoms with van der Waals surface area (Å²) in [7, 11) is 0.294. The average molecular weight is 603 g/mol. The number of unbranched alkanes of at least 4 members (excludes halogenated alkanes) is 2. The Bertz CT molecular complexity index is 1590. The first kappa shape index (κ1) is 31.7. The van der Waals surface area contributed by atoms with E-state index in [0.717, 1.165) is 61.6 Å². The number of rotatable bonds is 15. The van der Waals surface area contributed by atoms with E-state index in [0.29, 0.717) is 15.2 Å². The zero-order chi connectivity index (χ0) is 30.6. The third-order valence-corrected chi connectivity index (χ3v) is 10.5. The van der Waals surface area contributed by atoms with Gasteiger partial charge in [-0.05, 0) is 53.1 Å². The highest BCUT2D eigenvalue weighted by molar-refractivity contribution is 7.48. The van der Waals surface area contributed by atoms with Crippen molar-refractivity contribution in [2.75, 3.05) is 0 Å². The van der Waals surface area contributed by atoms with Gasteiger partial charge in [0.2, 0.25) is 0 Å². The fourth-order valence-electron chi connectivity index (χ4n) is 6.11. The quantitative estimate of drug-likeness (QED) is 0.0856. The predicted molar refractivity (Wildman–Crippen MR) is 186 cm³/mol. The maximum absolute atomic E-state index is 15.3. The van der Waals surface area contributed by atoms with E-state index >= 15 is 4.39 Å². The van der Waals surface area contributed by atoms with E-state index in [1.165, 1.54) is 27.8 Å². The summed E-state index contributed by atoms with van der Waals surface area (Å²) >= 11 is 0. The van der Waals surface area contributed by atoms with Crippen LogP contribution in [0.2, 0.25) is 0 Å². The molecule has 0 bridgehead atoms. The molecule has 226 valence electrons. The van der Waals surface area contributed by atoms with Gasteiger partial charge in [-0.25, -0.2) is 4.39 Å². The summed E-state index contributed by atoms with van der Waals surface area (Å²) < 4.78 is 22.3. The molecule has 0 spiro atoms. The molecule has 0 heterocycles. The maximum Gasteiger partial charge on any atom is 0.130 e. The molecule has 0 fully saturated rings. The molecule has 5 aromatic carbocycles. The molecule has 0 saturated carbocycles. The van der Waals surface area contributed by atoms with Crippen molar-refractivity contribution in [3.8, 4) is 5.75 Å². The van der Waals surface area contributed by atoms with Gasteiger partial charge in [-0.15, -0.1) is 0 Å². The van der Waals surface area contributed by atoms with E-state index < -0.39 is 0 Å². The van der Waals surface area contributed by atoms with Crippen LogP contribution in [0.3, 0.4) is 0 Å². The molecule has 0 aromatic heterocycles. The Morgan fingerprint density at radius 1 is 0.636 bits per heavy atom. The van der Waals surface area contributed by atoms with Crippen LogP contribution >= 0.6 is 8.58 Å². The molecule has 2 unspecified atom stereocenters. The minimum absolute atomic E-state index is 0.115. The van der Waals surface area contributed by atoms with E-state index in [4.69, 9.17) is 4.74 Å². The van der Waals surface area contributed by atoms with E-state index in [1.807, 2.05) is 18.2 Å². The first-order valence-corrected chi connectivity index (χ1v) is 17.0. The van der Waals surface area contributed by atoms with Crippen molar-refractivity contribution in [1.82, 2.24) is 0 Å². The molecule has 3 heteroatoms. The number of benzene rings is 5. The summed E-state index contributed by atoms with van der Waals surface area (Å²) in [6.07, 6.45) is 6.92. The van der Waals surface area contributed by atoms with Crippen molar-refractivity contribution >= 4 is 13.9 Å². The first-order valence-electron chi connectivity index (χ1n) is 16.0. The zero-order valence-electron chi connectivity index (χ0n) is 26.1. The van der Waals surface area contributed by atoms with Gasteiger partial charge in [-0.2, -0.15) is 0 Å². The molecular formula is C41H44FOP. The van der Waals surface area contributed by atoms with Crippen molar-refractivity contribution in [2.24, 2.45) is 0 Å². The molecular weight excluding hydrogens is 558 g/mol. The Kier molecular flexibility index (Phi) is 11.4. The molecule has 0 amide bonds. The second kappa shape index (κ2) is 15.8. The van der Waals surface area contributed by atoms with Gasteiger partial charge in [0, 0.05) is 22.4 Å². The molecule has 5 aromatic rings. The van der Waals surface area contributed by atoms with E-state index in [9.17, 15) is 0 Å². The fourth-order valence-corrected chi connectivity index (χ4v) is 7.81. The zero-order valence-corrected chi connectivity index (χ0v) is 27.1. The molecule has 44 heavy (non-hydrogen) atoms. The van der Waals surface area contributed by atoms with Crippen LogP contribution in [0.1, 0.15) is 79.3 Å². The first-order chi connectivity index (χ1) is 21.6. The average Bonchev–Trinajstić information content (AvgIpc) is 3.06. The van der Waals surface area contributed by atoms with Gasteiger partial charge >= 0.3 is 0 Å². The van der Waals surface area contributed by atoms with E-state index in [2.05, 4.69) is 111 Å². The van der Waals surface area contributed by atoms with Crippen molar-refractivity contribution in [3.63, 3.8) is 0 Å². The Morgan fingerprint density at radius 3 is 1.84 bits per heavy atom. The van der Waals surface area contributed by atoms with E-state index in [1.54, 1.807) is 12.1 Å². The summed E-state index contributed by atoms with van der Waals surface area (Å²) in [6, 6.07) is 43.9. The highest BCUT2D eigenvalue weighted by Gasteiger charge is 2.35. The van der Waals surface area contributed by atoms with Gasteiger partial charge in [-0.3, -0.25) is 0 Å². The second-order valence-electron chi connectivity index (χ2n) is 11.7. The van der Waals surface area contributed by atoms with E-state index in [-0.39, 0.29) is 11.0 Å². The number of ether oxygens (including phenoxy) is 1. The van der Waals surface area contributed by atoms with Crippen molar-refractivity contribution in [3.05, 3.63) is 167 Å². The molecule has 0 aliphatic heterocycles. The van der Waals surface area contributed by atoms with Gasteiger partial charge in [0.05, 0.1) is 0 Å². The standard InChI is InChI=1S/C41H44FOP/c1-3-5-17-26-41(4-2,44-39-25-16-15-24-38(39)42)37-30-35(27-32-18-9-6-10-19-32)29-36(28-33-20-11-7-12-21-33)40(37)43-31-34-22-13-8-14-23-34/h6-16,18-25,29-30,44H,3-5,17,26-28,31H2,1-2H3. The predicted octanol–water partition coefficient (Wildman–Crippen LogP) is 10.8. The smallest absolute Gasteiger partial charge is 0.130 e. The minimum Gasteiger partial charge on any atom is -0.488 e. The molecule has 0 radical (unpaired) electrons. The number of halogens is 1. The van der Waals surface area contributed by atoms with Crippen LogP contribution < -0.4 is 10.0 Å². The monoisotopic (exact) mass is 602 g/mol. The second-order valence-corrected chi connectivity index (χ2v) is 13.5. The number of hydrogen-bond donors (Lipinski definition) is 0. The SMILES string of the molecule is CCCCCC(CC)(Pc1ccccc1F)c1cc(Cc2ccccc2)cc(Cc2ccccc2)c1OCc1ccccc1. The third kappa shape index (κ3) is 8.25. The van der Waals surface area contributed by atoms with Crippen LogP contribution in [-0.4, -0.2) is 0 Å². The van der Waals surface area contributed by atoms with Gasteiger partial charge in [0.25, 0.3) is 0 Å². The lowest BCUT2D eigenvalue weighted by Gasteiger charge is -2.37. The van der Waals surface area contributed by atoms with Crippen molar-refractivity contribution < 1.29 is 9.13 Å². The Balaban J connectivity index is 1.70. The number of hydrogen-bond acceptors (Lipinski definition) is 1. The molecule has 0 aliphatic carbocycles. The van der Waals surface area contributed by atoms with Gasteiger partial charge < -0.3 is 4.74 Å². The lowest BCUT2D eigenvalue weighted by molar-refractivity contribution is 0.294. The summed E-state index contributed by atoms with van der Waals surface area (Å²) in [6.45, 7) is 5.02. The van der Waals surface area contributed by atoms with Crippen LogP contribution in [0.15, 0.2) is 127 Å². The molecule has 2 atom stereocenters. The Morgan fingerprint density at radius 2 is 1.23 bits per heavy atom. The normalized spacial score (nSPS) is 12.8. The summed E-state index contributed by atoms with van der Waals surface area (Å²) in [4.78, 5) is 0. The lowest BCUT2D eigenvalue weighted by Crippen LogP contribution is -2.25. The summed E-state index contributed by atoms with van der Waals surface area (Å²) in [5, 5.41) is 0.555. The van der Waals surface area contributed by atoms with Crippen LogP contribution in [-0.2, 0) is 24.6 Å². The largest absolute Gasteiger partial charge is 0.488 e. The van der Waals surface area contributed by atoms with Crippen molar-refractivity contribution in [1.29, 1.82) is 0 Å². The summed E-state index contributed by atoms with van der Waals surface area (Å²) in [5.41, 5.74) is 7.38. The Hall–Kier alpha value is -3.74. The highest BCUT2D eigenvalue weighted by Crippen LogP contribution is 2.53. The van der Waals surface area contributed by atoms with Gasteiger partial charge in [0.1, 0.15) is 18.2 Å². The maximum atomic E-state index is 15.3. The fraction of sp³-hybridized carbons (Fsp3) is 0.268. The van der Waals surface area contributed by atoms with Crippen LogP contribution in [0.25, 0.3) is 0 Å². The highest BCUT2D eigenvalue weighted by atomic mass is 31.1. The molecule has 5 rings (SSSR count). The minimum atomic E-state index is -0.248. The van der Waals surface area contributed by atoms with Crippen LogP contribution in [0.5, 0.6) is 5.75 Å². The Labute approximate surface area is 265 Å². The third-order valence-electron chi connectivity index (χ3n) is 8.51. The van der Waals surface area contributed by atoms with Crippen molar-refractivity contribution in [2.45, 2.75) is 70.6 Å². The molecule has 0 saturated heterocycles.